The Morgan fingerprint density at radius 1 is 0.925 bits per heavy atom. The first kappa shape index (κ1) is 25.1. The second kappa shape index (κ2) is 9.50. The van der Waals surface area contributed by atoms with Gasteiger partial charge in [0.1, 0.15) is 0 Å². The number of hydrogen-bond donors (Lipinski definition) is 2. The maximum atomic E-state index is 13.2. The molecule has 8 nitrogen and oxygen atoms in total. The Morgan fingerprint density at radius 2 is 1.65 bits per heavy atom. The van der Waals surface area contributed by atoms with Gasteiger partial charge in [-0.2, -0.15) is 0 Å². The molecule has 1 aromatic heterocycles. The molecule has 0 aliphatic carbocycles. The van der Waals surface area contributed by atoms with E-state index >= 15 is 0 Å². The summed E-state index contributed by atoms with van der Waals surface area (Å²) in [7, 11) is 0. The highest BCUT2D eigenvalue weighted by atomic mass is 16.6. The number of carboxylic acid groups (broad SMARTS) is 1. The van der Waals surface area contributed by atoms with E-state index in [2.05, 4.69) is 16.0 Å². The number of carbonyl (C=O) groups is 2. The molecule has 0 unspecified atom stereocenters. The summed E-state index contributed by atoms with van der Waals surface area (Å²) >= 11 is 0. The van der Waals surface area contributed by atoms with Gasteiger partial charge < -0.3 is 15.0 Å². The molecule has 0 bridgehead atoms. The molecular weight excluding hydrogens is 506 g/mol. The molecule has 8 heteroatoms. The maximum Gasteiger partial charge on any atom is 0.335 e. The van der Waals surface area contributed by atoms with Crippen molar-refractivity contribution in [3.8, 4) is 22.4 Å². The van der Waals surface area contributed by atoms with Crippen LogP contribution in [0.2, 0.25) is 0 Å². The van der Waals surface area contributed by atoms with Crippen molar-refractivity contribution in [2.45, 2.75) is 26.4 Å². The Hall–Kier alpha value is -5.24. The van der Waals surface area contributed by atoms with E-state index in [0.717, 1.165) is 50.0 Å². The summed E-state index contributed by atoms with van der Waals surface area (Å²) in [6.07, 6.45) is 0. The molecule has 2 heterocycles. The molecule has 1 aliphatic heterocycles. The number of carbonyl (C=O) groups excluding carboxylic acids is 1. The summed E-state index contributed by atoms with van der Waals surface area (Å²) in [5, 5.41) is 24.5. The SMILES string of the molecule is Cc1c2n(c3ccc(C(=O)N[C@@H](C)c4ccc([N+](=O)[O-])cc4)cc13)Cc1ccccc1-c1cc(C(=O)O)ccc1-2. The lowest BCUT2D eigenvalue weighted by atomic mass is 9.92. The normalized spacial score (nSPS) is 12.6. The van der Waals surface area contributed by atoms with Crippen LogP contribution in [0.5, 0.6) is 0 Å². The molecule has 1 amide bonds. The standard InChI is InChI=1S/C32H25N3O5/c1-18-27-15-21(31(36)33-19(2)20-7-11-24(12-8-20)35(39)40)10-14-29(27)34-17-23-5-3-4-6-25(23)28-16-22(32(37)38)9-13-26(28)30(18)34/h3-16,19H,17H2,1-2H3,(H,33,36)(H,37,38)/t19-/m0/s1. The van der Waals surface area contributed by atoms with Crippen LogP contribution in [0, 0.1) is 17.0 Å². The third kappa shape index (κ3) is 4.10. The number of aromatic carboxylic acids is 1. The molecule has 5 aromatic rings. The fourth-order valence-corrected chi connectivity index (χ4v) is 5.62. The maximum absolute atomic E-state index is 13.2. The van der Waals surface area contributed by atoms with Crippen LogP contribution in [0.25, 0.3) is 33.3 Å². The summed E-state index contributed by atoms with van der Waals surface area (Å²) in [5.74, 6) is -1.22. The monoisotopic (exact) mass is 531 g/mol. The number of non-ortho nitro benzene ring substituents is 1. The number of amides is 1. The zero-order valence-corrected chi connectivity index (χ0v) is 21.8. The quantitative estimate of drug-likeness (QED) is 0.189. The highest BCUT2D eigenvalue weighted by molar-refractivity contribution is 6.03. The van der Waals surface area contributed by atoms with Crippen LogP contribution >= 0.6 is 0 Å². The second-order valence-corrected chi connectivity index (χ2v) is 10.1. The fraction of sp³-hybridized carbons (Fsp3) is 0.125. The number of fused-ring (bicyclic) bond motifs is 7. The summed E-state index contributed by atoms with van der Waals surface area (Å²) in [6.45, 7) is 4.47. The molecule has 6 rings (SSSR count). The number of nitro benzene ring substituents is 1. The molecule has 0 radical (unpaired) electrons. The lowest BCUT2D eigenvalue weighted by Crippen LogP contribution is -2.26. The average molecular weight is 532 g/mol. The van der Waals surface area contributed by atoms with Crippen molar-refractivity contribution in [3.63, 3.8) is 0 Å². The van der Waals surface area contributed by atoms with Crippen LogP contribution in [-0.4, -0.2) is 26.5 Å². The summed E-state index contributed by atoms with van der Waals surface area (Å²) < 4.78 is 2.23. The van der Waals surface area contributed by atoms with Crippen LogP contribution in [-0.2, 0) is 6.54 Å². The third-order valence-corrected chi connectivity index (χ3v) is 7.69. The van der Waals surface area contributed by atoms with Gasteiger partial charge in [0.2, 0.25) is 0 Å². The summed E-state index contributed by atoms with van der Waals surface area (Å²) in [4.78, 5) is 35.5. The molecule has 198 valence electrons. The highest BCUT2D eigenvalue weighted by Gasteiger charge is 2.25. The van der Waals surface area contributed by atoms with Gasteiger partial charge >= 0.3 is 5.97 Å². The lowest BCUT2D eigenvalue weighted by Gasteiger charge is -2.14. The van der Waals surface area contributed by atoms with Gasteiger partial charge in [0.15, 0.2) is 0 Å². The number of aromatic nitrogens is 1. The van der Waals surface area contributed by atoms with Crippen molar-refractivity contribution in [1.29, 1.82) is 0 Å². The molecule has 1 atom stereocenters. The van der Waals surface area contributed by atoms with Gasteiger partial charge in [-0.05, 0) is 72.0 Å². The number of rotatable bonds is 5. The molecule has 1 aliphatic rings. The van der Waals surface area contributed by atoms with Crippen molar-refractivity contribution in [1.82, 2.24) is 9.88 Å². The Kier molecular flexibility index (Phi) is 5.95. The van der Waals surface area contributed by atoms with Crippen molar-refractivity contribution in [2.24, 2.45) is 0 Å². The van der Waals surface area contributed by atoms with Gasteiger partial charge in [-0.15, -0.1) is 0 Å². The molecular formula is C32H25N3O5. The van der Waals surface area contributed by atoms with Gasteiger partial charge in [0, 0.05) is 40.7 Å². The van der Waals surface area contributed by atoms with E-state index in [4.69, 9.17) is 0 Å². The van der Waals surface area contributed by atoms with Gasteiger partial charge in [-0.25, -0.2) is 4.79 Å². The molecule has 4 aromatic carbocycles. The van der Waals surface area contributed by atoms with E-state index in [1.54, 1.807) is 30.3 Å². The predicted octanol–water partition coefficient (Wildman–Crippen LogP) is 6.74. The number of aryl methyl sites for hydroxylation is 1. The van der Waals surface area contributed by atoms with E-state index in [1.165, 1.54) is 12.1 Å². The van der Waals surface area contributed by atoms with Crippen LogP contribution in [0.4, 0.5) is 5.69 Å². The Balaban J connectivity index is 1.40. The van der Waals surface area contributed by atoms with Crippen molar-refractivity contribution < 1.29 is 19.6 Å². The van der Waals surface area contributed by atoms with Gasteiger partial charge in [0.05, 0.1) is 22.2 Å². The zero-order valence-electron chi connectivity index (χ0n) is 21.8. The molecule has 0 fully saturated rings. The zero-order chi connectivity index (χ0) is 28.1. The molecule has 40 heavy (non-hydrogen) atoms. The first-order valence-electron chi connectivity index (χ1n) is 12.9. The first-order chi connectivity index (χ1) is 19.2. The van der Waals surface area contributed by atoms with Crippen LogP contribution in [0.3, 0.4) is 0 Å². The third-order valence-electron chi connectivity index (χ3n) is 7.69. The Bertz CT molecular complexity index is 1850. The van der Waals surface area contributed by atoms with Crippen molar-refractivity contribution in [3.05, 3.63) is 123 Å². The smallest absolute Gasteiger partial charge is 0.335 e. The van der Waals surface area contributed by atoms with Gasteiger partial charge in [-0.1, -0.05) is 42.5 Å². The molecule has 0 spiro atoms. The number of nitrogens with zero attached hydrogens (tertiary/aromatic N) is 2. The minimum absolute atomic E-state index is 0.0000547. The minimum Gasteiger partial charge on any atom is -0.478 e. The van der Waals surface area contributed by atoms with Crippen LogP contribution in [0.1, 0.15) is 50.4 Å². The second-order valence-electron chi connectivity index (χ2n) is 10.1. The Morgan fingerprint density at radius 3 is 2.38 bits per heavy atom. The molecule has 2 N–H and O–H groups in total. The van der Waals surface area contributed by atoms with Gasteiger partial charge in [0.25, 0.3) is 11.6 Å². The molecule has 0 saturated heterocycles. The minimum atomic E-state index is -0.972. The van der Waals surface area contributed by atoms with E-state index in [1.807, 2.05) is 50.2 Å². The van der Waals surface area contributed by atoms with Crippen molar-refractivity contribution in [2.75, 3.05) is 0 Å². The predicted molar refractivity (Wildman–Crippen MR) is 153 cm³/mol. The number of benzene rings is 4. The summed E-state index contributed by atoms with van der Waals surface area (Å²) in [5.41, 5.74) is 8.40. The van der Waals surface area contributed by atoms with E-state index < -0.39 is 10.9 Å². The lowest BCUT2D eigenvalue weighted by molar-refractivity contribution is -0.384. The fourth-order valence-electron chi connectivity index (χ4n) is 5.62. The average Bonchev–Trinajstić information content (AvgIpc) is 3.13. The number of carboxylic acids is 1. The van der Waals surface area contributed by atoms with E-state index in [0.29, 0.717) is 12.1 Å². The number of hydrogen-bond acceptors (Lipinski definition) is 4. The van der Waals surface area contributed by atoms with Crippen LogP contribution < -0.4 is 5.32 Å². The van der Waals surface area contributed by atoms with E-state index in [9.17, 15) is 24.8 Å². The Labute approximate surface area is 229 Å². The summed E-state index contributed by atoms with van der Waals surface area (Å²) in [6, 6.07) is 24.7. The topological polar surface area (TPSA) is 114 Å². The first-order valence-corrected chi connectivity index (χ1v) is 12.9. The van der Waals surface area contributed by atoms with Gasteiger partial charge in [-0.3, -0.25) is 14.9 Å². The van der Waals surface area contributed by atoms with E-state index in [-0.39, 0.29) is 23.2 Å². The highest BCUT2D eigenvalue weighted by Crippen LogP contribution is 2.43. The number of nitro groups is 1. The largest absolute Gasteiger partial charge is 0.478 e. The van der Waals surface area contributed by atoms with Crippen molar-refractivity contribution >= 4 is 28.5 Å². The molecule has 0 saturated carbocycles. The van der Waals surface area contributed by atoms with Crippen LogP contribution in [0.15, 0.2) is 84.9 Å². The number of nitrogens with one attached hydrogen (secondary N) is 1.